The number of halogens is 2. The maximum atomic E-state index is 13.5. The SMILES string of the molecule is O=C1CCCC(=O)N1CCc1c(F)cccc1Cl. The summed E-state index contributed by atoms with van der Waals surface area (Å²) in [5, 5.41) is 0.326. The first kappa shape index (κ1) is 13.0. The third kappa shape index (κ3) is 2.70. The summed E-state index contributed by atoms with van der Waals surface area (Å²) in [5.41, 5.74) is 0.352. The van der Waals surface area contributed by atoms with Gasteiger partial charge in [-0.05, 0) is 25.0 Å². The van der Waals surface area contributed by atoms with Crippen LogP contribution in [0.3, 0.4) is 0 Å². The van der Waals surface area contributed by atoms with E-state index in [2.05, 4.69) is 0 Å². The summed E-state index contributed by atoms with van der Waals surface area (Å²) in [6.45, 7) is 0.193. The Bertz CT molecular complexity index is 454. The number of carbonyl (C=O) groups excluding carboxylic acids is 2. The highest BCUT2D eigenvalue weighted by Crippen LogP contribution is 2.21. The molecule has 2 rings (SSSR count). The van der Waals surface area contributed by atoms with E-state index < -0.39 is 5.82 Å². The highest BCUT2D eigenvalue weighted by Gasteiger charge is 2.25. The van der Waals surface area contributed by atoms with Crippen LogP contribution in [0.1, 0.15) is 24.8 Å². The molecule has 0 bridgehead atoms. The average molecular weight is 270 g/mol. The smallest absolute Gasteiger partial charge is 0.229 e. The molecule has 0 unspecified atom stereocenters. The summed E-state index contributed by atoms with van der Waals surface area (Å²) >= 11 is 5.89. The molecule has 0 aliphatic carbocycles. The predicted octanol–water partition coefficient (Wildman–Crippen LogP) is 2.56. The van der Waals surface area contributed by atoms with E-state index in [1.165, 1.54) is 17.0 Å². The van der Waals surface area contributed by atoms with E-state index in [-0.39, 0.29) is 24.8 Å². The molecule has 1 aliphatic rings. The molecule has 1 aromatic rings. The van der Waals surface area contributed by atoms with E-state index in [0.29, 0.717) is 29.8 Å². The Kier molecular flexibility index (Phi) is 3.97. The minimum Gasteiger partial charge on any atom is -0.282 e. The normalized spacial score (nSPS) is 16.2. The number of nitrogens with zero attached hydrogens (tertiary/aromatic N) is 1. The Morgan fingerprint density at radius 2 is 1.89 bits per heavy atom. The number of benzene rings is 1. The lowest BCUT2D eigenvalue weighted by molar-refractivity contribution is -0.147. The van der Waals surface area contributed by atoms with Crippen LogP contribution in [-0.2, 0) is 16.0 Å². The second kappa shape index (κ2) is 5.48. The molecule has 0 aromatic heterocycles. The van der Waals surface area contributed by atoms with Gasteiger partial charge in [0.05, 0.1) is 0 Å². The van der Waals surface area contributed by atoms with Gasteiger partial charge >= 0.3 is 0 Å². The Morgan fingerprint density at radius 3 is 2.50 bits per heavy atom. The molecular weight excluding hydrogens is 257 g/mol. The predicted molar refractivity (Wildman–Crippen MR) is 65.7 cm³/mol. The second-order valence-corrected chi connectivity index (χ2v) is 4.65. The van der Waals surface area contributed by atoms with Crippen molar-refractivity contribution in [2.24, 2.45) is 0 Å². The van der Waals surface area contributed by atoms with Crippen molar-refractivity contribution < 1.29 is 14.0 Å². The highest BCUT2D eigenvalue weighted by atomic mass is 35.5. The van der Waals surface area contributed by atoms with Crippen LogP contribution in [0.4, 0.5) is 4.39 Å². The number of imide groups is 1. The molecule has 96 valence electrons. The molecule has 5 heteroatoms. The molecular formula is C13H13ClFNO2. The quantitative estimate of drug-likeness (QED) is 0.791. The van der Waals surface area contributed by atoms with Crippen molar-refractivity contribution in [1.29, 1.82) is 0 Å². The summed E-state index contributed by atoms with van der Waals surface area (Å²) in [6, 6.07) is 4.44. The summed E-state index contributed by atoms with van der Waals surface area (Å²) in [4.78, 5) is 24.3. The molecule has 3 nitrogen and oxygen atoms in total. The minimum atomic E-state index is -0.403. The number of hydrogen-bond acceptors (Lipinski definition) is 2. The van der Waals surface area contributed by atoms with E-state index in [4.69, 9.17) is 11.6 Å². The summed E-state index contributed by atoms with van der Waals surface area (Å²) in [5.74, 6) is -0.767. The Balaban J connectivity index is 2.07. The van der Waals surface area contributed by atoms with E-state index in [0.717, 1.165) is 0 Å². The van der Waals surface area contributed by atoms with E-state index in [1.54, 1.807) is 6.07 Å². The molecule has 0 radical (unpaired) electrons. The monoisotopic (exact) mass is 269 g/mol. The zero-order valence-corrected chi connectivity index (χ0v) is 10.5. The van der Waals surface area contributed by atoms with Gasteiger partial charge in [-0.1, -0.05) is 17.7 Å². The largest absolute Gasteiger partial charge is 0.282 e. The van der Waals surface area contributed by atoms with Gasteiger partial charge in [0, 0.05) is 30.0 Å². The standard InChI is InChI=1S/C13H13ClFNO2/c14-10-3-1-4-11(15)9(10)7-8-16-12(17)5-2-6-13(16)18/h1,3-4H,2,5-8H2. The van der Waals surface area contributed by atoms with Gasteiger partial charge in [0.1, 0.15) is 5.82 Å². The van der Waals surface area contributed by atoms with Crippen LogP contribution in [-0.4, -0.2) is 23.3 Å². The number of carbonyl (C=O) groups is 2. The zero-order chi connectivity index (χ0) is 13.1. The average Bonchev–Trinajstić information content (AvgIpc) is 2.31. The summed E-state index contributed by atoms with van der Waals surface area (Å²) in [6.07, 6.45) is 1.63. The van der Waals surface area contributed by atoms with Gasteiger partial charge in [-0.3, -0.25) is 14.5 Å². The molecule has 0 saturated carbocycles. The number of likely N-dealkylation sites (tertiary alicyclic amines) is 1. The molecule has 0 spiro atoms. The molecule has 1 saturated heterocycles. The number of amides is 2. The first-order valence-electron chi connectivity index (χ1n) is 5.85. The van der Waals surface area contributed by atoms with E-state index >= 15 is 0 Å². The van der Waals surface area contributed by atoms with Crippen molar-refractivity contribution in [1.82, 2.24) is 4.90 Å². The maximum absolute atomic E-state index is 13.5. The van der Waals surface area contributed by atoms with Crippen LogP contribution in [0.2, 0.25) is 5.02 Å². The molecule has 2 amide bonds. The van der Waals surface area contributed by atoms with Crippen molar-refractivity contribution in [3.63, 3.8) is 0 Å². The van der Waals surface area contributed by atoms with Crippen LogP contribution >= 0.6 is 11.6 Å². The van der Waals surface area contributed by atoms with Crippen molar-refractivity contribution >= 4 is 23.4 Å². The Hall–Kier alpha value is -1.42. The van der Waals surface area contributed by atoms with Gasteiger partial charge in [-0.25, -0.2) is 4.39 Å². The van der Waals surface area contributed by atoms with Crippen LogP contribution < -0.4 is 0 Å². The second-order valence-electron chi connectivity index (χ2n) is 4.24. The molecule has 1 aliphatic heterocycles. The number of hydrogen-bond donors (Lipinski definition) is 0. The summed E-state index contributed by atoms with van der Waals surface area (Å²) < 4.78 is 13.5. The lowest BCUT2D eigenvalue weighted by Gasteiger charge is -2.24. The zero-order valence-electron chi connectivity index (χ0n) is 9.79. The van der Waals surface area contributed by atoms with Gasteiger partial charge in [0.25, 0.3) is 0 Å². The third-order valence-electron chi connectivity index (χ3n) is 3.03. The van der Waals surface area contributed by atoms with E-state index in [1.807, 2.05) is 0 Å². The van der Waals surface area contributed by atoms with E-state index in [9.17, 15) is 14.0 Å². The summed E-state index contributed by atoms with van der Waals surface area (Å²) in [7, 11) is 0. The van der Waals surface area contributed by atoms with Gasteiger partial charge in [-0.2, -0.15) is 0 Å². The minimum absolute atomic E-state index is 0.182. The van der Waals surface area contributed by atoms with Crippen LogP contribution in [0.15, 0.2) is 18.2 Å². The molecule has 0 N–H and O–H groups in total. The molecule has 18 heavy (non-hydrogen) atoms. The van der Waals surface area contributed by atoms with Gasteiger partial charge in [0.2, 0.25) is 11.8 Å². The van der Waals surface area contributed by atoms with Gasteiger partial charge in [-0.15, -0.1) is 0 Å². The lowest BCUT2D eigenvalue weighted by Crippen LogP contribution is -2.41. The van der Waals surface area contributed by atoms with Crippen molar-refractivity contribution in [3.05, 3.63) is 34.6 Å². The third-order valence-corrected chi connectivity index (χ3v) is 3.38. The van der Waals surface area contributed by atoms with Crippen LogP contribution in [0.5, 0.6) is 0 Å². The van der Waals surface area contributed by atoms with Crippen molar-refractivity contribution in [2.45, 2.75) is 25.7 Å². The molecule has 1 aromatic carbocycles. The van der Waals surface area contributed by atoms with Crippen molar-refractivity contribution in [2.75, 3.05) is 6.54 Å². The van der Waals surface area contributed by atoms with Crippen LogP contribution in [0, 0.1) is 5.82 Å². The Morgan fingerprint density at radius 1 is 1.22 bits per heavy atom. The molecule has 0 atom stereocenters. The van der Waals surface area contributed by atoms with Crippen molar-refractivity contribution in [3.8, 4) is 0 Å². The fraction of sp³-hybridized carbons (Fsp3) is 0.385. The maximum Gasteiger partial charge on any atom is 0.229 e. The first-order chi connectivity index (χ1) is 8.59. The fourth-order valence-corrected chi connectivity index (χ4v) is 2.30. The van der Waals surface area contributed by atoms with Gasteiger partial charge < -0.3 is 0 Å². The molecule has 1 heterocycles. The number of piperidine rings is 1. The first-order valence-corrected chi connectivity index (χ1v) is 6.23. The fourth-order valence-electron chi connectivity index (χ4n) is 2.04. The topological polar surface area (TPSA) is 37.4 Å². The number of rotatable bonds is 3. The van der Waals surface area contributed by atoms with Gasteiger partial charge in [0.15, 0.2) is 0 Å². The van der Waals surface area contributed by atoms with Crippen LogP contribution in [0.25, 0.3) is 0 Å². The Labute approximate surface area is 110 Å². The molecule has 1 fully saturated rings. The lowest BCUT2D eigenvalue weighted by atomic mass is 10.1. The highest BCUT2D eigenvalue weighted by molar-refractivity contribution is 6.31.